The van der Waals surface area contributed by atoms with Gasteiger partial charge in [0.1, 0.15) is 0 Å². The molecular formula is C19H20ClN3O2S. The van der Waals surface area contributed by atoms with Gasteiger partial charge in [0.15, 0.2) is 0 Å². The van der Waals surface area contributed by atoms with Crippen molar-refractivity contribution in [2.24, 2.45) is 0 Å². The van der Waals surface area contributed by atoms with E-state index in [-0.39, 0.29) is 17.9 Å². The Kier molecular flexibility index (Phi) is 4.98. The second-order valence-electron chi connectivity index (χ2n) is 6.69. The van der Waals surface area contributed by atoms with Crippen LogP contribution in [0.5, 0.6) is 0 Å². The zero-order valence-electron chi connectivity index (χ0n) is 14.3. The van der Waals surface area contributed by atoms with Crippen LogP contribution in [0.15, 0.2) is 30.3 Å². The lowest BCUT2D eigenvalue weighted by atomic mass is 10.0. The molecule has 0 unspecified atom stereocenters. The molecule has 136 valence electrons. The van der Waals surface area contributed by atoms with Crippen molar-refractivity contribution in [3.8, 4) is 0 Å². The minimum absolute atomic E-state index is 0.0474. The zero-order chi connectivity index (χ0) is 18.1. The molecule has 1 aromatic carbocycles. The molecule has 1 aromatic heterocycles. The lowest BCUT2D eigenvalue weighted by Crippen LogP contribution is -2.36. The maximum Gasteiger partial charge on any atom is 0.261 e. The van der Waals surface area contributed by atoms with Crippen molar-refractivity contribution in [1.29, 1.82) is 0 Å². The number of hydrogen-bond acceptors (Lipinski definition) is 4. The molecule has 26 heavy (non-hydrogen) atoms. The first kappa shape index (κ1) is 17.5. The largest absolute Gasteiger partial charge is 0.346 e. The van der Waals surface area contributed by atoms with Crippen molar-refractivity contribution >= 4 is 40.4 Å². The van der Waals surface area contributed by atoms with E-state index in [2.05, 4.69) is 22.8 Å². The van der Waals surface area contributed by atoms with Gasteiger partial charge in [-0.2, -0.15) is 0 Å². The second kappa shape index (κ2) is 7.39. The Morgan fingerprint density at radius 3 is 2.77 bits per heavy atom. The minimum Gasteiger partial charge on any atom is -0.346 e. The van der Waals surface area contributed by atoms with Crippen LogP contribution >= 0.6 is 22.9 Å². The van der Waals surface area contributed by atoms with Crippen LogP contribution in [0.4, 0.5) is 5.69 Å². The molecule has 0 saturated carbocycles. The van der Waals surface area contributed by atoms with E-state index < -0.39 is 0 Å². The predicted octanol–water partition coefficient (Wildman–Crippen LogP) is 2.63. The van der Waals surface area contributed by atoms with Crippen LogP contribution in [0.25, 0.3) is 0 Å². The Morgan fingerprint density at radius 2 is 2.00 bits per heavy atom. The van der Waals surface area contributed by atoms with Gasteiger partial charge >= 0.3 is 0 Å². The summed E-state index contributed by atoms with van der Waals surface area (Å²) >= 11 is 7.13. The Hall–Kier alpha value is -1.89. The lowest BCUT2D eigenvalue weighted by Gasteiger charge is -2.19. The van der Waals surface area contributed by atoms with Gasteiger partial charge in [0.2, 0.25) is 5.91 Å². The lowest BCUT2D eigenvalue weighted by molar-refractivity contribution is -0.117. The molecule has 0 aliphatic carbocycles. The summed E-state index contributed by atoms with van der Waals surface area (Å²) in [4.78, 5) is 27.1. The van der Waals surface area contributed by atoms with Gasteiger partial charge in [-0.25, -0.2) is 0 Å². The Bertz CT molecular complexity index is 851. The first-order chi connectivity index (χ1) is 12.6. The molecule has 4 rings (SSSR count). The van der Waals surface area contributed by atoms with Crippen LogP contribution in [0.1, 0.15) is 27.2 Å². The molecule has 3 heterocycles. The number of carbonyl (C=O) groups is 2. The fourth-order valence-electron chi connectivity index (χ4n) is 3.57. The third-order valence-corrected chi connectivity index (χ3v) is 6.13. The van der Waals surface area contributed by atoms with Gasteiger partial charge < -0.3 is 15.5 Å². The smallest absolute Gasteiger partial charge is 0.261 e. The van der Waals surface area contributed by atoms with E-state index in [4.69, 9.17) is 11.6 Å². The van der Waals surface area contributed by atoms with Crippen molar-refractivity contribution < 1.29 is 9.59 Å². The molecule has 0 spiro atoms. The third kappa shape index (κ3) is 3.63. The number of amides is 2. The number of anilines is 1. The van der Waals surface area contributed by atoms with Gasteiger partial charge in [-0.05, 0) is 61.3 Å². The molecule has 2 aliphatic heterocycles. The molecule has 7 heteroatoms. The van der Waals surface area contributed by atoms with Crippen LogP contribution in [0, 0.1) is 0 Å². The van der Waals surface area contributed by atoms with E-state index in [0.29, 0.717) is 22.2 Å². The van der Waals surface area contributed by atoms with Crippen LogP contribution < -0.4 is 15.5 Å². The molecule has 5 nitrogen and oxygen atoms in total. The normalized spacial score (nSPS) is 20.0. The highest BCUT2D eigenvalue weighted by molar-refractivity contribution is 7.18. The number of carbonyl (C=O) groups excluding carboxylic acids is 2. The topological polar surface area (TPSA) is 61.4 Å². The standard InChI is InChI=1S/C19H20ClN3O2S/c20-17-4-3-16(26-17)19(25)22-14-10-18(24)23(11-14)15-2-1-12-5-7-21-8-6-13(12)9-15/h1-4,9,14,21H,5-8,10-11H2,(H,22,25)/t14-/m1/s1. The summed E-state index contributed by atoms with van der Waals surface area (Å²) in [6.45, 7) is 2.46. The quantitative estimate of drug-likeness (QED) is 0.848. The number of benzene rings is 1. The van der Waals surface area contributed by atoms with Crippen LogP contribution in [0.2, 0.25) is 4.34 Å². The Morgan fingerprint density at radius 1 is 1.19 bits per heavy atom. The van der Waals surface area contributed by atoms with Gasteiger partial charge in [-0.15, -0.1) is 11.3 Å². The molecule has 2 N–H and O–H groups in total. The first-order valence-corrected chi connectivity index (χ1v) is 9.99. The number of nitrogens with zero attached hydrogens (tertiary/aromatic N) is 1. The fourth-order valence-corrected chi connectivity index (χ4v) is 4.52. The SMILES string of the molecule is O=C(N[C@@H]1CC(=O)N(c2ccc3c(c2)CCNCC3)C1)c1ccc(Cl)s1. The molecule has 0 radical (unpaired) electrons. The van der Waals surface area contributed by atoms with E-state index >= 15 is 0 Å². The molecule has 2 aliphatic rings. The van der Waals surface area contributed by atoms with Crippen molar-refractivity contribution in [2.45, 2.75) is 25.3 Å². The molecule has 1 atom stereocenters. The van der Waals surface area contributed by atoms with Gasteiger partial charge in [0.25, 0.3) is 5.91 Å². The van der Waals surface area contributed by atoms with E-state index in [0.717, 1.165) is 31.6 Å². The first-order valence-electron chi connectivity index (χ1n) is 8.79. The third-order valence-electron chi connectivity index (χ3n) is 4.90. The second-order valence-corrected chi connectivity index (χ2v) is 8.40. The highest BCUT2D eigenvalue weighted by Crippen LogP contribution is 2.26. The van der Waals surface area contributed by atoms with E-state index in [1.807, 2.05) is 6.07 Å². The van der Waals surface area contributed by atoms with Crippen molar-refractivity contribution in [1.82, 2.24) is 10.6 Å². The summed E-state index contributed by atoms with van der Waals surface area (Å²) < 4.78 is 0.582. The summed E-state index contributed by atoms with van der Waals surface area (Å²) in [5.74, 6) is -0.124. The van der Waals surface area contributed by atoms with Crippen LogP contribution in [-0.4, -0.2) is 37.5 Å². The van der Waals surface area contributed by atoms with E-state index in [9.17, 15) is 9.59 Å². The summed E-state index contributed by atoms with van der Waals surface area (Å²) in [7, 11) is 0. The van der Waals surface area contributed by atoms with Crippen LogP contribution in [-0.2, 0) is 17.6 Å². The van der Waals surface area contributed by atoms with Gasteiger partial charge in [-0.3, -0.25) is 9.59 Å². The number of halogens is 1. The van der Waals surface area contributed by atoms with Crippen molar-refractivity contribution in [3.05, 3.63) is 50.7 Å². The summed E-state index contributed by atoms with van der Waals surface area (Å²) in [6, 6.07) is 9.50. The van der Waals surface area contributed by atoms with Crippen molar-refractivity contribution in [3.63, 3.8) is 0 Å². The molecular weight excluding hydrogens is 370 g/mol. The van der Waals surface area contributed by atoms with E-state index in [1.54, 1.807) is 17.0 Å². The molecule has 2 aromatic rings. The monoisotopic (exact) mass is 389 g/mol. The highest BCUT2D eigenvalue weighted by atomic mass is 35.5. The highest BCUT2D eigenvalue weighted by Gasteiger charge is 2.32. The van der Waals surface area contributed by atoms with Gasteiger partial charge in [0.05, 0.1) is 15.3 Å². The average molecular weight is 390 g/mol. The number of hydrogen-bond donors (Lipinski definition) is 2. The number of rotatable bonds is 3. The van der Waals surface area contributed by atoms with Gasteiger partial charge in [0, 0.05) is 18.7 Å². The maximum absolute atomic E-state index is 12.5. The Balaban J connectivity index is 1.46. The summed E-state index contributed by atoms with van der Waals surface area (Å²) in [5.41, 5.74) is 3.58. The Labute approximate surface area is 161 Å². The van der Waals surface area contributed by atoms with Crippen molar-refractivity contribution in [2.75, 3.05) is 24.5 Å². The average Bonchev–Trinajstić information content (AvgIpc) is 3.12. The van der Waals surface area contributed by atoms with Crippen LogP contribution in [0.3, 0.4) is 0 Å². The number of nitrogens with one attached hydrogen (secondary N) is 2. The molecule has 0 bridgehead atoms. The number of thiophene rings is 1. The molecule has 2 amide bonds. The fraction of sp³-hybridized carbons (Fsp3) is 0.368. The molecule has 1 fully saturated rings. The predicted molar refractivity (Wildman–Crippen MR) is 104 cm³/mol. The molecule has 1 saturated heterocycles. The maximum atomic E-state index is 12.5. The summed E-state index contributed by atoms with van der Waals surface area (Å²) in [6.07, 6.45) is 2.32. The summed E-state index contributed by atoms with van der Waals surface area (Å²) in [5, 5.41) is 6.35. The van der Waals surface area contributed by atoms with E-state index in [1.165, 1.54) is 22.5 Å². The minimum atomic E-state index is -0.184. The zero-order valence-corrected chi connectivity index (χ0v) is 15.8. The number of fused-ring (bicyclic) bond motifs is 1. The van der Waals surface area contributed by atoms with Gasteiger partial charge in [-0.1, -0.05) is 17.7 Å².